The van der Waals surface area contributed by atoms with Gasteiger partial charge in [0.25, 0.3) is 0 Å². The number of terminal acetylenes is 1. The Hall–Kier alpha value is -0.350. The van der Waals surface area contributed by atoms with Crippen LogP contribution in [0.4, 0.5) is 0 Å². The van der Waals surface area contributed by atoms with E-state index in [1.807, 2.05) is 5.41 Å². The zero-order valence-electron chi connectivity index (χ0n) is 2.56. The van der Waals surface area contributed by atoms with E-state index in [1.165, 1.54) is 0 Å². The summed E-state index contributed by atoms with van der Waals surface area (Å²) in [6.45, 7) is 0. The van der Waals surface area contributed by atoms with E-state index in [0.717, 1.165) is 4.91 Å². The zero-order chi connectivity index (χ0) is 3.70. The summed E-state index contributed by atoms with van der Waals surface area (Å²) in [6, 6.07) is 0. The van der Waals surface area contributed by atoms with Crippen molar-refractivity contribution in [3.63, 3.8) is 0 Å². The van der Waals surface area contributed by atoms with E-state index in [9.17, 15) is 0 Å². The molecule has 0 nitrogen and oxygen atoms in total. The van der Waals surface area contributed by atoms with Gasteiger partial charge in [-0.15, -0.1) is 6.42 Å². The summed E-state index contributed by atoms with van der Waals surface area (Å²) in [7, 11) is 0. The number of rotatable bonds is 0. The van der Waals surface area contributed by atoms with Gasteiger partial charge in [0, 0.05) is 0 Å². The Morgan fingerprint density at radius 2 is 2.60 bits per heavy atom. The fourth-order valence-corrected chi connectivity index (χ4v) is 0.293. The zero-order valence-corrected chi connectivity index (χ0v) is 3.38. The van der Waals surface area contributed by atoms with Crippen molar-refractivity contribution in [2.45, 2.75) is 0 Å². The van der Waals surface area contributed by atoms with E-state index in [2.05, 4.69) is 5.92 Å². The Morgan fingerprint density at radius 3 is 2.60 bits per heavy atom. The van der Waals surface area contributed by atoms with Crippen LogP contribution in [0.25, 0.3) is 0 Å². The van der Waals surface area contributed by atoms with Gasteiger partial charge in [0.15, 0.2) is 0 Å². The molecule has 0 amide bonds. The summed E-state index contributed by atoms with van der Waals surface area (Å²) in [5.74, 6) is 2.46. The number of hydrogen-bond donors (Lipinski definition) is 0. The molecule has 0 atom stereocenters. The summed E-state index contributed by atoms with van der Waals surface area (Å²) in [4.78, 5) is 1.07. The van der Waals surface area contributed by atoms with Gasteiger partial charge in [-0.05, 0) is 5.41 Å². The van der Waals surface area contributed by atoms with Crippen molar-refractivity contribution >= 4 is 11.8 Å². The molecule has 0 unspecified atom stereocenters. The number of allylic oxidation sites excluding steroid dienone is 1. The minimum Gasteiger partial charge on any atom is -0.114 e. The second-order valence-electron chi connectivity index (χ2n) is 0.744. The second-order valence-corrected chi connectivity index (χ2v) is 1.66. The van der Waals surface area contributed by atoms with E-state index in [1.54, 1.807) is 11.8 Å². The summed E-state index contributed by atoms with van der Waals surface area (Å²) >= 11 is 1.62. The fraction of sp³-hybridized carbons (Fsp3) is 0. The maximum atomic E-state index is 4.89. The van der Waals surface area contributed by atoms with Gasteiger partial charge in [0.1, 0.15) is 0 Å². The van der Waals surface area contributed by atoms with E-state index in [-0.39, 0.29) is 0 Å². The third kappa shape index (κ3) is 0.460. The molecule has 1 rings (SSSR count). The average molecular weight is 82.1 g/mol. The lowest BCUT2D eigenvalue weighted by atomic mass is 10.7. The van der Waals surface area contributed by atoms with Gasteiger partial charge in [-0.3, -0.25) is 0 Å². The van der Waals surface area contributed by atoms with Gasteiger partial charge in [0.2, 0.25) is 0 Å². The first-order valence-electron chi connectivity index (χ1n) is 1.27. The lowest BCUT2D eigenvalue weighted by Crippen LogP contribution is -1.32. The summed E-state index contributed by atoms with van der Waals surface area (Å²) in [5.41, 5.74) is 0. The van der Waals surface area contributed by atoms with Crippen LogP contribution in [0.1, 0.15) is 0 Å². The molecule has 0 aromatic carbocycles. The monoisotopic (exact) mass is 82.0 g/mol. The van der Waals surface area contributed by atoms with Crippen LogP contribution in [-0.4, -0.2) is 0 Å². The van der Waals surface area contributed by atoms with Crippen LogP contribution < -0.4 is 0 Å². The van der Waals surface area contributed by atoms with E-state index < -0.39 is 0 Å². The number of hydrogen-bond acceptors (Lipinski definition) is 1. The SMILES string of the molecule is C#CC1=CS1. The highest BCUT2D eigenvalue weighted by atomic mass is 32.2. The Bertz CT molecular complexity index is 105. The van der Waals surface area contributed by atoms with E-state index >= 15 is 0 Å². The van der Waals surface area contributed by atoms with E-state index in [4.69, 9.17) is 6.42 Å². The van der Waals surface area contributed by atoms with Gasteiger partial charge < -0.3 is 0 Å². The van der Waals surface area contributed by atoms with Gasteiger partial charge in [0.05, 0.1) is 4.91 Å². The first-order valence-corrected chi connectivity index (χ1v) is 2.15. The maximum Gasteiger partial charge on any atom is 0.0680 e. The lowest BCUT2D eigenvalue weighted by Gasteiger charge is -1.49. The second kappa shape index (κ2) is 0.803. The van der Waals surface area contributed by atoms with Crippen LogP contribution in [0.15, 0.2) is 10.3 Å². The van der Waals surface area contributed by atoms with Gasteiger partial charge in [-0.1, -0.05) is 17.7 Å². The Kier molecular flexibility index (Phi) is 0.460. The first-order chi connectivity index (χ1) is 2.43. The predicted molar refractivity (Wildman–Crippen MR) is 24.5 cm³/mol. The van der Waals surface area contributed by atoms with Crippen LogP contribution in [0, 0.1) is 12.3 Å². The largest absolute Gasteiger partial charge is 0.114 e. The van der Waals surface area contributed by atoms with Crippen molar-refractivity contribution in [1.29, 1.82) is 0 Å². The highest BCUT2D eigenvalue weighted by Gasteiger charge is 2.00. The molecule has 0 fully saturated rings. The molecule has 1 aliphatic rings. The van der Waals surface area contributed by atoms with Crippen molar-refractivity contribution in [2.24, 2.45) is 0 Å². The topological polar surface area (TPSA) is 0 Å². The molecule has 0 aromatic rings. The molecule has 1 aliphatic heterocycles. The fourth-order valence-electron chi connectivity index (χ4n) is 0.0975. The van der Waals surface area contributed by atoms with Crippen LogP contribution in [0.2, 0.25) is 0 Å². The normalized spacial score (nSPS) is 16.2. The molecule has 0 aliphatic carbocycles. The highest BCUT2D eigenvalue weighted by molar-refractivity contribution is 8.12. The van der Waals surface area contributed by atoms with Crippen molar-refractivity contribution in [3.05, 3.63) is 10.3 Å². The molecule has 24 valence electrons. The molecule has 0 saturated carbocycles. The Morgan fingerprint density at radius 1 is 2.00 bits per heavy atom. The highest BCUT2D eigenvalue weighted by Crippen LogP contribution is 2.31. The molecule has 0 saturated heterocycles. The molecule has 0 spiro atoms. The van der Waals surface area contributed by atoms with Crippen LogP contribution >= 0.6 is 11.8 Å². The van der Waals surface area contributed by atoms with Crippen LogP contribution in [-0.2, 0) is 0 Å². The quantitative estimate of drug-likeness (QED) is 0.396. The first kappa shape index (κ1) is 2.87. The summed E-state index contributed by atoms with van der Waals surface area (Å²) in [5, 5.41) is 1.94. The molecule has 0 aromatic heterocycles. The molecule has 0 radical (unpaired) electrons. The number of thioether (sulfide) groups is 1. The minimum atomic E-state index is 1.07. The van der Waals surface area contributed by atoms with Crippen molar-refractivity contribution < 1.29 is 0 Å². The Labute approximate surface area is 35.3 Å². The van der Waals surface area contributed by atoms with Crippen molar-refractivity contribution in [2.75, 3.05) is 0 Å². The molecule has 5 heavy (non-hydrogen) atoms. The third-order valence-electron chi connectivity index (χ3n) is 0.378. The van der Waals surface area contributed by atoms with Crippen molar-refractivity contribution in [1.82, 2.24) is 0 Å². The maximum absolute atomic E-state index is 4.89. The molecule has 1 heteroatoms. The van der Waals surface area contributed by atoms with Crippen LogP contribution in [0.5, 0.6) is 0 Å². The third-order valence-corrected chi connectivity index (χ3v) is 0.967. The average Bonchev–Trinajstić information content (AvgIpc) is 2.12. The standard InChI is InChI=1S/C4H2S/c1-2-4-3-5-4/h1,3H. The van der Waals surface area contributed by atoms with Gasteiger partial charge in [-0.25, -0.2) is 0 Å². The molecular weight excluding hydrogens is 80.1 g/mol. The molecule has 0 bridgehead atoms. The van der Waals surface area contributed by atoms with Crippen LogP contribution in [0.3, 0.4) is 0 Å². The van der Waals surface area contributed by atoms with Gasteiger partial charge >= 0.3 is 0 Å². The lowest BCUT2D eigenvalue weighted by molar-refractivity contribution is 2.32. The minimum absolute atomic E-state index is 1.07. The molecule has 1 heterocycles. The van der Waals surface area contributed by atoms with Gasteiger partial charge in [-0.2, -0.15) is 0 Å². The molecule has 0 N–H and O–H groups in total. The van der Waals surface area contributed by atoms with E-state index in [0.29, 0.717) is 0 Å². The summed E-state index contributed by atoms with van der Waals surface area (Å²) < 4.78 is 0. The van der Waals surface area contributed by atoms with Crippen molar-refractivity contribution in [3.8, 4) is 12.3 Å². The summed E-state index contributed by atoms with van der Waals surface area (Å²) in [6.07, 6.45) is 4.89. The predicted octanol–water partition coefficient (Wildman–Crippen LogP) is 1.21. The molecular formula is C4H2S. The Balaban J connectivity index is 2.59. The smallest absolute Gasteiger partial charge is 0.0680 e.